The molecule has 4 aromatic carbocycles. The lowest BCUT2D eigenvalue weighted by atomic mass is 9.95. The molecule has 17 nitrogen and oxygen atoms in total. The van der Waals surface area contributed by atoms with Crippen LogP contribution in [-0.4, -0.2) is 113 Å². The molecular weight excluding hydrogens is 847 g/mol. The highest BCUT2D eigenvalue weighted by Crippen LogP contribution is 2.35. The lowest BCUT2D eigenvalue weighted by molar-refractivity contribution is -0.138. The van der Waals surface area contributed by atoms with Gasteiger partial charge in [-0.2, -0.15) is 0 Å². The van der Waals surface area contributed by atoms with Crippen molar-refractivity contribution in [2.24, 2.45) is 5.11 Å². The monoisotopic (exact) mass is 905 g/mol. The van der Waals surface area contributed by atoms with Gasteiger partial charge in [-0.25, -0.2) is 4.98 Å². The van der Waals surface area contributed by atoms with E-state index in [9.17, 15) is 19.5 Å². The predicted molar refractivity (Wildman–Crippen MR) is 250 cm³/mol. The molecule has 2 amide bonds. The molecule has 0 radical (unpaired) electrons. The molecule has 0 aliphatic heterocycles. The number of benzene rings is 4. The number of amides is 2. The number of hydrogen-bond acceptors (Lipinski definition) is 12. The minimum absolute atomic E-state index is 0.121. The number of nitrogens with one attached hydrogen (secondary N) is 3. The molecule has 0 aliphatic carbocycles. The van der Waals surface area contributed by atoms with E-state index in [-0.39, 0.29) is 32.0 Å². The van der Waals surface area contributed by atoms with Gasteiger partial charge in [0.1, 0.15) is 24.2 Å². The maximum Gasteiger partial charge on any atom is 0.305 e. The van der Waals surface area contributed by atoms with Crippen LogP contribution in [0.4, 0.5) is 5.82 Å². The lowest BCUT2D eigenvalue weighted by Crippen LogP contribution is -2.50. The van der Waals surface area contributed by atoms with Crippen LogP contribution in [0.15, 0.2) is 114 Å². The Balaban J connectivity index is 1.13. The highest BCUT2D eigenvalue weighted by molar-refractivity contribution is 6.00. The Morgan fingerprint density at radius 1 is 0.758 bits per heavy atom. The summed E-state index contributed by atoms with van der Waals surface area (Å²) >= 11 is 0. The van der Waals surface area contributed by atoms with Gasteiger partial charge in [-0.3, -0.25) is 14.4 Å². The van der Waals surface area contributed by atoms with Gasteiger partial charge in [0.05, 0.1) is 78.5 Å². The quantitative estimate of drug-likeness (QED) is 0.0146. The molecular formula is C49H59N7O10. The summed E-state index contributed by atoms with van der Waals surface area (Å²) in [4.78, 5) is 46.1. The summed E-state index contributed by atoms with van der Waals surface area (Å²) in [6.45, 7) is 6.48. The molecule has 2 unspecified atom stereocenters. The van der Waals surface area contributed by atoms with Crippen molar-refractivity contribution in [2.75, 3.05) is 84.5 Å². The zero-order chi connectivity index (χ0) is 46.6. The topological polar surface area (TPSA) is 225 Å². The summed E-state index contributed by atoms with van der Waals surface area (Å²) in [5.74, 6) is -0.569. The Bertz CT molecular complexity index is 2290. The first kappa shape index (κ1) is 50.4. The number of pyridine rings is 1. The zero-order valence-corrected chi connectivity index (χ0v) is 37.3. The van der Waals surface area contributed by atoms with Crippen LogP contribution < -0.4 is 20.7 Å². The summed E-state index contributed by atoms with van der Waals surface area (Å²) in [6.07, 6.45) is 1.98. The van der Waals surface area contributed by atoms with Gasteiger partial charge in [-0.15, -0.1) is 0 Å². The largest absolute Gasteiger partial charge is 0.491 e. The summed E-state index contributed by atoms with van der Waals surface area (Å²) in [7, 11) is 0. The molecule has 66 heavy (non-hydrogen) atoms. The van der Waals surface area contributed by atoms with Crippen molar-refractivity contribution in [1.82, 2.24) is 15.6 Å². The third kappa shape index (κ3) is 18.1. The number of aliphatic carboxylic acids is 1. The average molecular weight is 906 g/mol. The van der Waals surface area contributed by atoms with E-state index < -0.39 is 24.0 Å². The third-order valence-electron chi connectivity index (χ3n) is 10.1. The second-order valence-electron chi connectivity index (χ2n) is 15.1. The highest BCUT2D eigenvalue weighted by atomic mass is 16.6. The van der Waals surface area contributed by atoms with Gasteiger partial charge in [0.2, 0.25) is 11.8 Å². The number of carbonyl (C=O) groups excluding carboxylic acids is 2. The first-order valence-electron chi connectivity index (χ1n) is 22.0. The van der Waals surface area contributed by atoms with E-state index in [1.165, 1.54) is 0 Å². The van der Waals surface area contributed by atoms with E-state index in [0.717, 1.165) is 33.0 Å². The van der Waals surface area contributed by atoms with Crippen molar-refractivity contribution in [1.29, 1.82) is 0 Å². The van der Waals surface area contributed by atoms with E-state index in [0.29, 0.717) is 96.1 Å². The number of azide groups is 1. The highest BCUT2D eigenvalue weighted by Gasteiger charge is 2.26. The van der Waals surface area contributed by atoms with E-state index in [2.05, 4.69) is 31.0 Å². The Labute approximate surface area is 384 Å². The zero-order valence-electron chi connectivity index (χ0n) is 37.3. The smallest absolute Gasteiger partial charge is 0.305 e. The van der Waals surface area contributed by atoms with Gasteiger partial charge in [0.15, 0.2) is 0 Å². The van der Waals surface area contributed by atoms with Crippen LogP contribution in [0.25, 0.3) is 32.3 Å². The number of aromatic nitrogens is 1. The fourth-order valence-electron chi connectivity index (χ4n) is 6.78. The summed E-state index contributed by atoms with van der Waals surface area (Å²) in [5.41, 5.74) is 12.6. The molecule has 0 spiro atoms. The molecule has 5 aromatic rings. The number of nitrogens with zero attached hydrogens (tertiary/aromatic N) is 4. The Morgan fingerprint density at radius 2 is 1.42 bits per heavy atom. The van der Waals surface area contributed by atoms with Gasteiger partial charge >= 0.3 is 5.97 Å². The molecule has 5 rings (SSSR count). The van der Waals surface area contributed by atoms with Crippen molar-refractivity contribution >= 4 is 34.4 Å². The number of carboxylic acid groups (broad SMARTS) is 1. The molecule has 0 bridgehead atoms. The van der Waals surface area contributed by atoms with E-state index >= 15 is 0 Å². The Hall–Kier alpha value is -6.59. The maximum atomic E-state index is 13.9. The summed E-state index contributed by atoms with van der Waals surface area (Å²) < 4.78 is 34.0. The first-order chi connectivity index (χ1) is 32.3. The molecule has 4 N–H and O–H groups in total. The molecule has 2 atom stereocenters. The molecule has 0 fully saturated rings. The minimum Gasteiger partial charge on any atom is -0.491 e. The van der Waals surface area contributed by atoms with Gasteiger partial charge < -0.3 is 49.5 Å². The van der Waals surface area contributed by atoms with Crippen molar-refractivity contribution < 1.29 is 47.9 Å². The predicted octanol–water partition coefficient (Wildman–Crippen LogP) is 7.19. The molecule has 0 saturated heterocycles. The summed E-state index contributed by atoms with van der Waals surface area (Å²) in [6, 6.07) is 30.5. The fraction of sp³-hybridized carbons (Fsp3) is 0.388. The lowest BCUT2D eigenvalue weighted by Gasteiger charge is -2.23. The standard InChI is InChI=1S/C49H59N7O10/c1-36-19-21-52-46(32-36)51-20-7-12-47(57)54-44(35-65-34-37-8-3-2-4-9-37)49(60)55-43(33-48(58)59)39-15-13-38(14-16-39)40-17-18-45(42-11-6-5-10-41(40)42)66-31-30-64-29-28-63-27-26-62-25-24-61-23-22-53-56-50/h2-6,8-11,13-19,21,32,43-44H,7,12,20,22-31,33-35H2,1H3,(H,51,52)(H,54,57)(H,55,60)(H,58,59). The van der Waals surface area contributed by atoms with Crippen LogP contribution in [0.1, 0.15) is 42.0 Å². The van der Waals surface area contributed by atoms with Crippen molar-refractivity contribution in [2.45, 2.75) is 44.9 Å². The fourth-order valence-corrected chi connectivity index (χ4v) is 6.78. The van der Waals surface area contributed by atoms with Crippen molar-refractivity contribution in [3.63, 3.8) is 0 Å². The van der Waals surface area contributed by atoms with Crippen LogP contribution in [-0.2, 0) is 44.7 Å². The van der Waals surface area contributed by atoms with Crippen LogP contribution in [0, 0.1) is 6.92 Å². The minimum atomic E-state index is -1.09. The van der Waals surface area contributed by atoms with Crippen molar-refractivity contribution in [3.8, 4) is 16.9 Å². The first-order valence-corrected chi connectivity index (χ1v) is 22.0. The Kier molecular flexibility index (Phi) is 22.2. The maximum absolute atomic E-state index is 13.9. The van der Waals surface area contributed by atoms with Crippen LogP contribution >= 0.6 is 0 Å². The van der Waals surface area contributed by atoms with Crippen LogP contribution in [0.2, 0.25) is 0 Å². The van der Waals surface area contributed by atoms with Gasteiger partial charge in [-0.05, 0) is 70.3 Å². The normalized spacial score (nSPS) is 11.9. The van der Waals surface area contributed by atoms with Gasteiger partial charge in [0.25, 0.3) is 0 Å². The van der Waals surface area contributed by atoms with Gasteiger partial charge in [-0.1, -0.05) is 90.0 Å². The number of carbonyl (C=O) groups is 3. The molecule has 0 saturated carbocycles. The number of aryl methyl sites for hydroxylation is 1. The van der Waals surface area contributed by atoms with Crippen LogP contribution in [0.3, 0.4) is 0 Å². The second-order valence-corrected chi connectivity index (χ2v) is 15.1. The Morgan fingerprint density at radius 3 is 2.11 bits per heavy atom. The molecule has 17 heteroatoms. The van der Waals surface area contributed by atoms with Crippen LogP contribution in [0.5, 0.6) is 5.75 Å². The average Bonchev–Trinajstić information content (AvgIpc) is 3.32. The molecule has 0 aliphatic rings. The number of hydrogen-bond donors (Lipinski definition) is 4. The number of rotatable bonds is 32. The number of ether oxygens (including phenoxy) is 6. The second kappa shape index (κ2) is 29.0. The van der Waals surface area contributed by atoms with Crippen molar-refractivity contribution in [3.05, 3.63) is 136 Å². The van der Waals surface area contributed by atoms with E-state index in [1.54, 1.807) is 18.3 Å². The SMILES string of the molecule is Cc1ccnc(NCCCC(=O)NC(COCc2ccccc2)C(=O)NC(CC(=O)O)c2ccc(-c3ccc(OCCOCCOCCOCCOCCN=[N+]=[N-])c4ccccc34)cc2)c1. The summed E-state index contributed by atoms with van der Waals surface area (Å²) in [5, 5.41) is 24.1. The molecule has 1 aromatic heterocycles. The number of carboxylic acids is 1. The number of fused-ring (bicyclic) bond motifs is 1. The molecule has 350 valence electrons. The van der Waals surface area contributed by atoms with E-state index in [4.69, 9.17) is 34.0 Å². The van der Waals surface area contributed by atoms with Gasteiger partial charge in [0, 0.05) is 36.0 Å². The van der Waals surface area contributed by atoms with E-state index in [1.807, 2.05) is 97.9 Å². The number of anilines is 1. The third-order valence-corrected chi connectivity index (χ3v) is 10.1. The molecule has 1 heterocycles.